The summed E-state index contributed by atoms with van der Waals surface area (Å²) in [7, 11) is 0. The number of aryl methyl sites for hydroxylation is 7. The van der Waals surface area contributed by atoms with E-state index in [1.165, 1.54) is 61.2 Å². The summed E-state index contributed by atoms with van der Waals surface area (Å²) in [5.41, 5.74) is 16.8. The Balaban J connectivity index is 1.42. The molecule has 43 heavy (non-hydrogen) atoms. The second kappa shape index (κ2) is 11.4. The Kier molecular flexibility index (Phi) is 7.50. The van der Waals surface area contributed by atoms with Gasteiger partial charge in [0.15, 0.2) is 17.5 Å². The van der Waals surface area contributed by atoms with Crippen LogP contribution in [0.1, 0.15) is 38.9 Å². The Morgan fingerprint density at radius 2 is 0.558 bits per heavy atom. The lowest BCUT2D eigenvalue weighted by atomic mass is 9.93. The molecular formula is C40H37N3. The molecule has 0 aliphatic heterocycles. The van der Waals surface area contributed by atoms with Crippen LogP contribution in [0.3, 0.4) is 0 Å². The van der Waals surface area contributed by atoms with E-state index in [9.17, 15) is 0 Å². The molecule has 0 atom stereocenters. The van der Waals surface area contributed by atoms with Crippen LogP contribution >= 0.6 is 0 Å². The minimum Gasteiger partial charge on any atom is -0.208 e. The first kappa shape index (κ1) is 28.2. The molecule has 3 heteroatoms. The predicted molar refractivity (Wildman–Crippen MR) is 180 cm³/mol. The second-order valence-corrected chi connectivity index (χ2v) is 11.9. The summed E-state index contributed by atoms with van der Waals surface area (Å²) in [5.74, 6) is 2.00. The van der Waals surface area contributed by atoms with Gasteiger partial charge in [0, 0.05) is 16.7 Å². The fourth-order valence-corrected chi connectivity index (χ4v) is 6.31. The van der Waals surface area contributed by atoms with Crippen molar-refractivity contribution in [2.24, 2.45) is 0 Å². The zero-order chi connectivity index (χ0) is 30.2. The largest absolute Gasteiger partial charge is 0.208 e. The van der Waals surface area contributed by atoms with E-state index < -0.39 is 0 Å². The Morgan fingerprint density at radius 3 is 0.860 bits per heavy atom. The van der Waals surface area contributed by atoms with Gasteiger partial charge in [-0.15, -0.1) is 0 Å². The summed E-state index contributed by atoms with van der Waals surface area (Å²) in [6.07, 6.45) is 0. The standard InChI is InChI=1S/C40H37N3/c1-24-8-10-33(11-9-24)38-41-39(34-16-12-31(13-17-34)36-27(4)20-25(2)21-28(36)5)43-40(42-38)35-18-14-32(15-19-35)37-29(6)22-26(3)23-30(37)7/h8-23H,1-7H3. The van der Waals surface area contributed by atoms with E-state index >= 15 is 0 Å². The average molecular weight is 560 g/mol. The van der Waals surface area contributed by atoms with Crippen molar-refractivity contribution < 1.29 is 0 Å². The zero-order valence-corrected chi connectivity index (χ0v) is 26.1. The van der Waals surface area contributed by atoms with Crippen molar-refractivity contribution in [3.63, 3.8) is 0 Å². The van der Waals surface area contributed by atoms with Gasteiger partial charge in [0.2, 0.25) is 0 Å². The van der Waals surface area contributed by atoms with Crippen LogP contribution in [0.15, 0.2) is 97.1 Å². The van der Waals surface area contributed by atoms with Gasteiger partial charge in [-0.2, -0.15) is 0 Å². The number of hydrogen-bond donors (Lipinski definition) is 0. The molecule has 5 aromatic carbocycles. The van der Waals surface area contributed by atoms with Gasteiger partial charge in [-0.25, -0.2) is 15.0 Å². The van der Waals surface area contributed by atoms with Crippen LogP contribution in [0.4, 0.5) is 0 Å². The van der Waals surface area contributed by atoms with Gasteiger partial charge in [-0.3, -0.25) is 0 Å². The third-order valence-electron chi connectivity index (χ3n) is 8.16. The number of nitrogens with zero attached hydrogens (tertiary/aromatic N) is 3. The van der Waals surface area contributed by atoms with Crippen LogP contribution in [0.2, 0.25) is 0 Å². The first-order valence-corrected chi connectivity index (χ1v) is 14.9. The molecular weight excluding hydrogens is 522 g/mol. The molecule has 0 aliphatic carbocycles. The molecule has 0 amide bonds. The van der Waals surface area contributed by atoms with Gasteiger partial charge >= 0.3 is 0 Å². The van der Waals surface area contributed by atoms with Crippen molar-refractivity contribution in [1.82, 2.24) is 15.0 Å². The van der Waals surface area contributed by atoms with E-state index in [0.29, 0.717) is 17.5 Å². The quantitative estimate of drug-likeness (QED) is 0.211. The lowest BCUT2D eigenvalue weighted by Crippen LogP contribution is -2.00. The normalized spacial score (nSPS) is 11.1. The van der Waals surface area contributed by atoms with Crippen LogP contribution in [0.25, 0.3) is 56.4 Å². The first-order valence-electron chi connectivity index (χ1n) is 14.9. The molecule has 0 unspecified atom stereocenters. The van der Waals surface area contributed by atoms with Crippen molar-refractivity contribution in [1.29, 1.82) is 0 Å². The van der Waals surface area contributed by atoms with Gasteiger partial charge in [0.25, 0.3) is 0 Å². The van der Waals surface area contributed by atoms with Crippen molar-refractivity contribution in [3.8, 4) is 56.4 Å². The maximum atomic E-state index is 4.99. The summed E-state index contributed by atoms with van der Waals surface area (Å²) in [4.78, 5) is 14.9. The van der Waals surface area contributed by atoms with E-state index in [4.69, 9.17) is 15.0 Å². The third kappa shape index (κ3) is 5.76. The maximum absolute atomic E-state index is 4.99. The van der Waals surface area contributed by atoms with E-state index in [1.807, 2.05) is 0 Å². The predicted octanol–water partition coefficient (Wildman–Crippen LogP) is 10.4. The molecule has 0 saturated heterocycles. The Morgan fingerprint density at radius 1 is 0.302 bits per heavy atom. The van der Waals surface area contributed by atoms with Crippen molar-refractivity contribution in [2.45, 2.75) is 48.5 Å². The fraction of sp³-hybridized carbons (Fsp3) is 0.175. The Labute approximate surface area is 255 Å². The van der Waals surface area contributed by atoms with E-state index in [-0.39, 0.29) is 0 Å². The van der Waals surface area contributed by atoms with Crippen LogP contribution in [0, 0.1) is 48.5 Å². The highest BCUT2D eigenvalue weighted by Gasteiger charge is 2.14. The van der Waals surface area contributed by atoms with Crippen LogP contribution in [-0.2, 0) is 0 Å². The molecule has 0 aliphatic rings. The highest BCUT2D eigenvalue weighted by molar-refractivity contribution is 5.76. The molecule has 0 saturated carbocycles. The molecule has 212 valence electrons. The molecule has 1 aromatic heterocycles. The van der Waals surface area contributed by atoms with Crippen molar-refractivity contribution >= 4 is 0 Å². The van der Waals surface area contributed by atoms with Gasteiger partial charge in [-0.05, 0) is 93.0 Å². The number of rotatable bonds is 5. The summed E-state index contributed by atoms with van der Waals surface area (Å²) in [5, 5.41) is 0. The summed E-state index contributed by atoms with van der Waals surface area (Å²) in [6, 6.07) is 34.5. The topological polar surface area (TPSA) is 38.7 Å². The Bertz CT molecular complexity index is 1780. The highest BCUT2D eigenvalue weighted by atomic mass is 15.0. The van der Waals surface area contributed by atoms with Crippen molar-refractivity contribution in [2.75, 3.05) is 0 Å². The summed E-state index contributed by atoms with van der Waals surface area (Å²) >= 11 is 0. The number of hydrogen-bond acceptors (Lipinski definition) is 3. The SMILES string of the molecule is Cc1ccc(-c2nc(-c3ccc(-c4c(C)cc(C)cc4C)cc3)nc(-c3ccc(-c4c(C)cc(C)cc4C)cc3)n2)cc1. The summed E-state index contributed by atoms with van der Waals surface area (Å²) < 4.78 is 0. The minimum atomic E-state index is 0.666. The van der Waals surface area contributed by atoms with Gasteiger partial charge < -0.3 is 0 Å². The second-order valence-electron chi connectivity index (χ2n) is 11.9. The average Bonchev–Trinajstić information content (AvgIpc) is 2.97. The molecule has 0 radical (unpaired) electrons. The molecule has 0 bridgehead atoms. The van der Waals surface area contributed by atoms with Gasteiger partial charge in [0.05, 0.1) is 0 Å². The van der Waals surface area contributed by atoms with Gasteiger partial charge in [-0.1, -0.05) is 114 Å². The summed E-state index contributed by atoms with van der Waals surface area (Å²) in [6.45, 7) is 15.1. The number of benzene rings is 5. The molecule has 6 aromatic rings. The molecule has 0 fully saturated rings. The number of aromatic nitrogens is 3. The van der Waals surface area contributed by atoms with Crippen molar-refractivity contribution in [3.05, 3.63) is 136 Å². The zero-order valence-electron chi connectivity index (χ0n) is 26.1. The lowest BCUT2D eigenvalue weighted by Gasteiger charge is -2.13. The molecule has 0 spiro atoms. The highest BCUT2D eigenvalue weighted by Crippen LogP contribution is 2.33. The smallest absolute Gasteiger partial charge is 0.164 e. The Hall–Kier alpha value is -4.89. The monoisotopic (exact) mass is 559 g/mol. The third-order valence-corrected chi connectivity index (χ3v) is 8.16. The molecule has 6 rings (SSSR count). The van der Waals surface area contributed by atoms with E-state index in [1.54, 1.807) is 0 Å². The van der Waals surface area contributed by atoms with Crippen LogP contribution in [-0.4, -0.2) is 15.0 Å². The van der Waals surface area contributed by atoms with Crippen LogP contribution < -0.4 is 0 Å². The lowest BCUT2D eigenvalue weighted by molar-refractivity contribution is 1.07. The molecule has 0 N–H and O–H groups in total. The van der Waals surface area contributed by atoms with Crippen LogP contribution in [0.5, 0.6) is 0 Å². The fourth-order valence-electron chi connectivity index (χ4n) is 6.31. The molecule has 3 nitrogen and oxygen atoms in total. The molecule has 1 heterocycles. The van der Waals surface area contributed by atoms with E-state index in [0.717, 1.165) is 16.7 Å². The van der Waals surface area contributed by atoms with Gasteiger partial charge in [0.1, 0.15) is 0 Å². The maximum Gasteiger partial charge on any atom is 0.164 e. The minimum absolute atomic E-state index is 0.666. The van der Waals surface area contributed by atoms with E-state index in [2.05, 4.69) is 146 Å². The first-order chi connectivity index (χ1) is 20.7.